The van der Waals surface area contributed by atoms with Crippen LogP contribution in [0, 0.1) is 0 Å². The molecule has 0 saturated carbocycles. The summed E-state index contributed by atoms with van der Waals surface area (Å²) in [5.41, 5.74) is 2.42. The topological polar surface area (TPSA) is 113 Å². The van der Waals surface area contributed by atoms with Gasteiger partial charge in [-0.25, -0.2) is 9.59 Å². The number of carboxylic acid groups (broad SMARTS) is 1. The lowest BCUT2D eigenvalue weighted by Gasteiger charge is -2.22. The molecule has 1 atom stereocenters. The van der Waals surface area contributed by atoms with Crippen LogP contribution in [0.2, 0.25) is 0 Å². The number of ether oxygens (including phenoxy) is 1. The maximum Gasteiger partial charge on any atom is 0.338 e. The van der Waals surface area contributed by atoms with E-state index in [1.165, 1.54) is 42.5 Å². The van der Waals surface area contributed by atoms with Crippen molar-refractivity contribution >= 4 is 35.1 Å². The summed E-state index contributed by atoms with van der Waals surface area (Å²) in [7, 11) is 0. The highest BCUT2D eigenvalue weighted by Gasteiger charge is 2.31. The summed E-state index contributed by atoms with van der Waals surface area (Å²) in [5, 5.41) is 11.8. The minimum atomic E-state index is -1.20. The molecule has 1 aliphatic rings. The predicted octanol–water partition coefficient (Wildman–Crippen LogP) is 3.77. The van der Waals surface area contributed by atoms with Crippen LogP contribution >= 0.6 is 0 Å². The molecule has 0 spiro atoms. The van der Waals surface area contributed by atoms with E-state index in [2.05, 4.69) is 5.32 Å². The maximum absolute atomic E-state index is 12.7. The highest BCUT2D eigenvalue weighted by molar-refractivity contribution is 6.10. The van der Waals surface area contributed by atoms with Crippen molar-refractivity contribution in [2.75, 3.05) is 16.8 Å². The van der Waals surface area contributed by atoms with E-state index in [1.807, 2.05) is 31.2 Å². The van der Waals surface area contributed by atoms with Crippen LogP contribution in [-0.4, -0.2) is 41.5 Å². The molecule has 2 amide bonds. The Labute approximate surface area is 195 Å². The van der Waals surface area contributed by atoms with Gasteiger partial charge in [-0.1, -0.05) is 30.3 Å². The molecule has 34 heavy (non-hydrogen) atoms. The van der Waals surface area contributed by atoms with Gasteiger partial charge >= 0.3 is 11.9 Å². The van der Waals surface area contributed by atoms with E-state index < -0.39 is 17.8 Å². The van der Waals surface area contributed by atoms with Gasteiger partial charge in [0, 0.05) is 17.4 Å². The van der Waals surface area contributed by atoms with Crippen molar-refractivity contribution in [1.82, 2.24) is 0 Å². The van der Waals surface area contributed by atoms with Crippen LogP contribution in [0.4, 0.5) is 11.4 Å². The van der Waals surface area contributed by atoms with Gasteiger partial charge in [0.05, 0.1) is 16.7 Å². The Kier molecular flexibility index (Phi) is 6.40. The molecule has 8 heteroatoms. The zero-order chi connectivity index (χ0) is 24.2. The summed E-state index contributed by atoms with van der Waals surface area (Å²) < 4.78 is 5.22. The van der Waals surface area contributed by atoms with Crippen molar-refractivity contribution in [2.24, 2.45) is 0 Å². The van der Waals surface area contributed by atoms with Crippen LogP contribution in [0.3, 0.4) is 0 Å². The average molecular weight is 458 g/mol. The van der Waals surface area contributed by atoms with E-state index >= 15 is 0 Å². The molecule has 1 heterocycles. The van der Waals surface area contributed by atoms with Gasteiger partial charge in [0.25, 0.3) is 11.8 Å². The lowest BCUT2D eigenvalue weighted by molar-refractivity contribution is -0.122. The summed E-state index contributed by atoms with van der Waals surface area (Å²) in [6.07, 6.45) is 0.750. The fourth-order valence-corrected chi connectivity index (χ4v) is 3.98. The van der Waals surface area contributed by atoms with Gasteiger partial charge in [-0.05, 0) is 61.4 Å². The second-order valence-electron chi connectivity index (χ2n) is 7.90. The van der Waals surface area contributed by atoms with Crippen LogP contribution in [0.5, 0.6) is 0 Å². The number of fused-ring (bicyclic) bond motifs is 1. The van der Waals surface area contributed by atoms with Crippen LogP contribution in [-0.2, 0) is 16.0 Å². The minimum absolute atomic E-state index is 0.0160. The highest BCUT2D eigenvalue weighted by atomic mass is 16.5. The summed E-state index contributed by atoms with van der Waals surface area (Å²) >= 11 is 0. The summed E-state index contributed by atoms with van der Waals surface area (Å²) in [6.45, 7) is 1.56. The van der Waals surface area contributed by atoms with E-state index in [4.69, 9.17) is 4.74 Å². The molecule has 4 rings (SSSR count). The second kappa shape index (κ2) is 9.58. The summed E-state index contributed by atoms with van der Waals surface area (Å²) in [6, 6.07) is 19.4. The lowest BCUT2D eigenvalue weighted by Crippen LogP contribution is -2.38. The van der Waals surface area contributed by atoms with Crippen molar-refractivity contribution in [3.63, 3.8) is 0 Å². The van der Waals surface area contributed by atoms with E-state index in [1.54, 1.807) is 11.0 Å². The average Bonchev–Trinajstić information content (AvgIpc) is 3.18. The highest BCUT2D eigenvalue weighted by Crippen LogP contribution is 2.31. The number of aromatic carboxylic acids is 1. The normalized spacial score (nSPS) is 14.3. The van der Waals surface area contributed by atoms with E-state index in [9.17, 15) is 24.3 Å². The van der Waals surface area contributed by atoms with Gasteiger partial charge in [0.15, 0.2) is 6.61 Å². The first-order valence-corrected chi connectivity index (χ1v) is 10.7. The van der Waals surface area contributed by atoms with Crippen molar-refractivity contribution < 1.29 is 29.0 Å². The van der Waals surface area contributed by atoms with Crippen molar-refractivity contribution in [1.29, 1.82) is 0 Å². The molecular formula is C26H22N2O6. The molecule has 0 fully saturated rings. The number of esters is 1. The number of carbonyl (C=O) groups excluding carboxylic acids is 3. The number of amides is 2. The number of nitrogens with zero attached hydrogens (tertiary/aromatic N) is 1. The van der Waals surface area contributed by atoms with Crippen LogP contribution < -0.4 is 10.2 Å². The standard InChI is InChI=1S/C26H22N2O6/c1-16-14-18-6-2-5-9-22(18)28(16)23(29)15-34-26(33)17-10-12-19(13-11-17)27-24(30)20-7-3-4-8-21(20)25(31)32/h2-13,16H,14-15H2,1H3,(H,27,30)(H,31,32). The number of carboxylic acids is 1. The molecule has 0 aromatic heterocycles. The quantitative estimate of drug-likeness (QED) is 0.544. The van der Waals surface area contributed by atoms with Crippen LogP contribution in [0.1, 0.15) is 43.6 Å². The monoisotopic (exact) mass is 458 g/mol. The predicted molar refractivity (Wildman–Crippen MR) is 125 cm³/mol. The number of benzene rings is 3. The van der Waals surface area contributed by atoms with Gasteiger partial charge < -0.3 is 20.1 Å². The fourth-order valence-electron chi connectivity index (χ4n) is 3.98. The molecular weight excluding hydrogens is 436 g/mol. The molecule has 8 nitrogen and oxygen atoms in total. The molecule has 3 aromatic rings. The molecule has 3 aromatic carbocycles. The van der Waals surface area contributed by atoms with Gasteiger partial charge in [-0.3, -0.25) is 9.59 Å². The molecule has 2 N–H and O–H groups in total. The summed E-state index contributed by atoms with van der Waals surface area (Å²) in [4.78, 5) is 50.5. The fraction of sp³-hybridized carbons (Fsp3) is 0.154. The molecule has 0 aliphatic carbocycles. The third-order valence-electron chi connectivity index (χ3n) is 5.58. The third-order valence-corrected chi connectivity index (χ3v) is 5.58. The number of rotatable bonds is 6. The number of para-hydroxylation sites is 1. The van der Waals surface area contributed by atoms with Gasteiger partial charge in [0.2, 0.25) is 0 Å². The first kappa shape index (κ1) is 22.7. The minimum Gasteiger partial charge on any atom is -0.478 e. The molecule has 0 radical (unpaired) electrons. The van der Waals surface area contributed by atoms with E-state index in [0.29, 0.717) is 5.69 Å². The van der Waals surface area contributed by atoms with Gasteiger partial charge in [0.1, 0.15) is 0 Å². The maximum atomic E-state index is 12.7. The van der Waals surface area contributed by atoms with Crippen LogP contribution in [0.25, 0.3) is 0 Å². The van der Waals surface area contributed by atoms with Crippen LogP contribution in [0.15, 0.2) is 72.8 Å². The number of carbonyl (C=O) groups is 4. The molecule has 0 saturated heterocycles. The van der Waals surface area contributed by atoms with E-state index in [0.717, 1.165) is 17.7 Å². The Morgan fingerprint density at radius 1 is 0.941 bits per heavy atom. The molecule has 1 aliphatic heterocycles. The SMILES string of the molecule is CC1Cc2ccccc2N1C(=O)COC(=O)c1ccc(NC(=O)c2ccccc2C(=O)O)cc1. The lowest BCUT2D eigenvalue weighted by atomic mass is 10.1. The third kappa shape index (κ3) is 4.66. The van der Waals surface area contributed by atoms with E-state index in [-0.39, 0.29) is 35.2 Å². The summed E-state index contributed by atoms with van der Waals surface area (Å²) in [5.74, 6) is -2.75. The number of hydrogen-bond donors (Lipinski definition) is 2. The first-order valence-electron chi connectivity index (χ1n) is 10.7. The second-order valence-corrected chi connectivity index (χ2v) is 7.90. The Morgan fingerprint density at radius 2 is 1.59 bits per heavy atom. The van der Waals surface area contributed by atoms with Gasteiger partial charge in [-0.15, -0.1) is 0 Å². The number of nitrogens with one attached hydrogen (secondary N) is 1. The zero-order valence-electron chi connectivity index (χ0n) is 18.4. The van der Waals surface area contributed by atoms with Crippen molar-refractivity contribution in [3.8, 4) is 0 Å². The smallest absolute Gasteiger partial charge is 0.338 e. The Balaban J connectivity index is 1.36. The van der Waals surface area contributed by atoms with Crippen molar-refractivity contribution in [2.45, 2.75) is 19.4 Å². The number of hydrogen-bond acceptors (Lipinski definition) is 5. The molecule has 0 bridgehead atoms. The Morgan fingerprint density at radius 3 is 2.29 bits per heavy atom. The number of anilines is 2. The Hall–Kier alpha value is -4.46. The first-order chi connectivity index (χ1) is 16.3. The largest absolute Gasteiger partial charge is 0.478 e. The van der Waals surface area contributed by atoms with Crippen molar-refractivity contribution in [3.05, 3.63) is 95.1 Å². The Bertz CT molecular complexity index is 1270. The zero-order valence-corrected chi connectivity index (χ0v) is 18.4. The molecule has 172 valence electrons. The van der Waals surface area contributed by atoms with Gasteiger partial charge in [-0.2, -0.15) is 0 Å². The molecule has 1 unspecified atom stereocenters.